The Hall–Kier alpha value is -6.40. The lowest BCUT2D eigenvalue weighted by Crippen LogP contribution is -2.01. The van der Waals surface area contributed by atoms with Gasteiger partial charge >= 0.3 is 0 Å². The Bertz CT molecular complexity index is 1930. The molecule has 0 spiro atoms. The molecular formula is C40H28N6. The molecule has 0 saturated heterocycles. The van der Waals surface area contributed by atoms with Crippen molar-refractivity contribution < 1.29 is 0 Å². The summed E-state index contributed by atoms with van der Waals surface area (Å²) in [6, 6.07) is 57.9. The van der Waals surface area contributed by atoms with E-state index in [2.05, 4.69) is 127 Å². The monoisotopic (exact) mass is 592 g/mol. The summed E-state index contributed by atoms with van der Waals surface area (Å²) < 4.78 is 4.25. The standard InChI is InChI=1S/C40H28N6/c1-5-13-31(14-6-1)37-41-42-38(32-15-7-2-8-16-32)45(37)35-25-21-29(22-26-35)30-23-27-36(28-24-30)46-39(33-17-9-3-10-18-33)43-44-40(46)34-19-11-4-12-20-34/h1-28H. The van der Waals surface area contributed by atoms with E-state index in [1.54, 1.807) is 0 Å². The molecule has 0 aliphatic heterocycles. The van der Waals surface area contributed by atoms with Crippen LogP contribution in [0.2, 0.25) is 0 Å². The minimum atomic E-state index is 0.800. The van der Waals surface area contributed by atoms with E-state index in [0.29, 0.717) is 0 Å². The SMILES string of the molecule is c1ccc(-c2nnc(-c3ccccc3)n2-c2ccc(-c3ccc(-n4c(-c5ccccc5)nnc4-c4ccccc4)cc3)cc2)cc1. The molecule has 2 aromatic heterocycles. The molecule has 0 atom stereocenters. The van der Waals surface area contributed by atoms with Crippen molar-refractivity contribution >= 4 is 0 Å². The molecule has 0 aliphatic carbocycles. The normalized spacial score (nSPS) is 11.0. The third-order valence-electron chi connectivity index (χ3n) is 8.04. The third-order valence-corrected chi connectivity index (χ3v) is 8.04. The Morgan fingerprint density at radius 2 is 0.478 bits per heavy atom. The van der Waals surface area contributed by atoms with Crippen LogP contribution in [0.1, 0.15) is 0 Å². The van der Waals surface area contributed by atoms with E-state index in [0.717, 1.165) is 68.1 Å². The molecular weight excluding hydrogens is 564 g/mol. The highest BCUT2D eigenvalue weighted by Crippen LogP contribution is 2.32. The fourth-order valence-corrected chi connectivity index (χ4v) is 5.76. The summed E-state index contributed by atoms with van der Waals surface area (Å²) >= 11 is 0. The molecule has 0 bridgehead atoms. The van der Waals surface area contributed by atoms with Crippen LogP contribution in [0.25, 0.3) is 68.1 Å². The first-order valence-corrected chi connectivity index (χ1v) is 15.2. The molecule has 2 heterocycles. The second-order valence-corrected chi connectivity index (χ2v) is 10.9. The van der Waals surface area contributed by atoms with E-state index in [4.69, 9.17) is 0 Å². The summed E-state index contributed by atoms with van der Waals surface area (Å²) in [6.45, 7) is 0. The van der Waals surface area contributed by atoms with Crippen LogP contribution in [0.15, 0.2) is 170 Å². The molecule has 6 nitrogen and oxygen atoms in total. The maximum absolute atomic E-state index is 4.61. The summed E-state index contributed by atoms with van der Waals surface area (Å²) in [5.41, 5.74) is 8.25. The van der Waals surface area contributed by atoms with Gasteiger partial charge in [0.1, 0.15) is 0 Å². The number of aromatic nitrogens is 6. The number of hydrogen-bond acceptors (Lipinski definition) is 4. The van der Waals surface area contributed by atoms with Crippen molar-refractivity contribution in [2.45, 2.75) is 0 Å². The average molecular weight is 593 g/mol. The van der Waals surface area contributed by atoms with Crippen molar-refractivity contribution in [2.75, 3.05) is 0 Å². The molecule has 218 valence electrons. The zero-order valence-electron chi connectivity index (χ0n) is 24.8. The van der Waals surface area contributed by atoms with E-state index in [1.807, 2.05) is 72.8 Å². The van der Waals surface area contributed by atoms with Crippen molar-refractivity contribution in [3.8, 4) is 68.1 Å². The Kier molecular flexibility index (Phi) is 7.05. The summed E-state index contributed by atoms with van der Waals surface area (Å²) in [6.07, 6.45) is 0. The lowest BCUT2D eigenvalue weighted by Gasteiger charge is -2.13. The molecule has 46 heavy (non-hydrogen) atoms. The molecule has 0 saturated carbocycles. The first kappa shape index (κ1) is 27.2. The fourth-order valence-electron chi connectivity index (χ4n) is 5.76. The van der Waals surface area contributed by atoms with Crippen molar-refractivity contribution in [1.82, 2.24) is 29.5 Å². The Labute approximate surface area is 266 Å². The van der Waals surface area contributed by atoms with Crippen LogP contribution in [0.5, 0.6) is 0 Å². The number of nitrogens with zero attached hydrogens (tertiary/aromatic N) is 6. The van der Waals surface area contributed by atoms with Gasteiger partial charge in [-0.25, -0.2) is 0 Å². The predicted octanol–water partition coefficient (Wildman–Crippen LogP) is 9.18. The minimum Gasteiger partial charge on any atom is -0.275 e. The maximum atomic E-state index is 4.61. The Morgan fingerprint density at radius 3 is 0.717 bits per heavy atom. The Morgan fingerprint density at radius 1 is 0.239 bits per heavy atom. The lowest BCUT2D eigenvalue weighted by molar-refractivity contribution is 1.07. The fraction of sp³-hybridized carbons (Fsp3) is 0. The second kappa shape index (κ2) is 11.9. The predicted molar refractivity (Wildman–Crippen MR) is 183 cm³/mol. The highest BCUT2D eigenvalue weighted by Gasteiger charge is 2.19. The van der Waals surface area contributed by atoms with Crippen LogP contribution < -0.4 is 0 Å². The van der Waals surface area contributed by atoms with Gasteiger partial charge in [0, 0.05) is 33.6 Å². The minimum absolute atomic E-state index is 0.800. The summed E-state index contributed by atoms with van der Waals surface area (Å²) in [5, 5.41) is 18.4. The van der Waals surface area contributed by atoms with Gasteiger partial charge in [0.2, 0.25) is 0 Å². The van der Waals surface area contributed by atoms with Gasteiger partial charge < -0.3 is 0 Å². The average Bonchev–Trinajstić information content (AvgIpc) is 3.79. The lowest BCUT2D eigenvalue weighted by atomic mass is 10.0. The summed E-state index contributed by atoms with van der Waals surface area (Å²) in [5.74, 6) is 3.20. The van der Waals surface area contributed by atoms with Crippen LogP contribution in [-0.4, -0.2) is 29.5 Å². The van der Waals surface area contributed by atoms with Crippen molar-refractivity contribution in [3.63, 3.8) is 0 Å². The number of hydrogen-bond donors (Lipinski definition) is 0. The van der Waals surface area contributed by atoms with E-state index < -0.39 is 0 Å². The molecule has 0 unspecified atom stereocenters. The zero-order chi connectivity index (χ0) is 30.7. The van der Waals surface area contributed by atoms with Gasteiger partial charge in [0.25, 0.3) is 0 Å². The van der Waals surface area contributed by atoms with Gasteiger partial charge in [-0.05, 0) is 35.4 Å². The quantitative estimate of drug-likeness (QED) is 0.185. The van der Waals surface area contributed by atoms with Crippen LogP contribution in [0.4, 0.5) is 0 Å². The van der Waals surface area contributed by atoms with Gasteiger partial charge in [-0.3, -0.25) is 9.13 Å². The zero-order valence-corrected chi connectivity index (χ0v) is 24.8. The van der Waals surface area contributed by atoms with Gasteiger partial charge in [-0.15, -0.1) is 20.4 Å². The van der Waals surface area contributed by atoms with Gasteiger partial charge in [0.15, 0.2) is 23.3 Å². The van der Waals surface area contributed by atoms with Crippen molar-refractivity contribution in [2.24, 2.45) is 0 Å². The van der Waals surface area contributed by atoms with Gasteiger partial charge in [-0.2, -0.15) is 0 Å². The molecule has 0 radical (unpaired) electrons. The van der Waals surface area contributed by atoms with E-state index in [-0.39, 0.29) is 0 Å². The molecule has 6 aromatic carbocycles. The molecule has 0 fully saturated rings. The molecule has 0 aliphatic rings. The van der Waals surface area contributed by atoms with Crippen LogP contribution in [-0.2, 0) is 0 Å². The third kappa shape index (κ3) is 5.08. The topological polar surface area (TPSA) is 61.4 Å². The highest BCUT2D eigenvalue weighted by atomic mass is 15.3. The van der Waals surface area contributed by atoms with Crippen LogP contribution in [0, 0.1) is 0 Å². The molecule has 0 amide bonds. The first-order valence-electron chi connectivity index (χ1n) is 15.2. The van der Waals surface area contributed by atoms with Crippen molar-refractivity contribution in [1.29, 1.82) is 0 Å². The van der Waals surface area contributed by atoms with Crippen LogP contribution in [0.3, 0.4) is 0 Å². The molecule has 8 rings (SSSR count). The maximum Gasteiger partial charge on any atom is 0.168 e. The molecule has 0 N–H and O–H groups in total. The van der Waals surface area contributed by atoms with Crippen molar-refractivity contribution in [3.05, 3.63) is 170 Å². The smallest absolute Gasteiger partial charge is 0.168 e. The summed E-state index contributed by atoms with van der Waals surface area (Å²) in [7, 11) is 0. The van der Waals surface area contributed by atoms with Gasteiger partial charge in [-0.1, -0.05) is 146 Å². The van der Waals surface area contributed by atoms with Crippen LogP contribution >= 0.6 is 0 Å². The van der Waals surface area contributed by atoms with E-state index in [9.17, 15) is 0 Å². The summed E-state index contributed by atoms with van der Waals surface area (Å²) in [4.78, 5) is 0. The first-order chi connectivity index (χ1) is 22.8. The molecule has 6 heteroatoms. The van der Waals surface area contributed by atoms with Gasteiger partial charge in [0.05, 0.1) is 0 Å². The highest BCUT2D eigenvalue weighted by molar-refractivity contribution is 5.72. The molecule has 8 aromatic rings. The van der Waals surface area contributed by atoms with E-state index >= 15 is 0 Å². The number of benzene rings is 6. The number of rotatable bonds is 7. The largest absolute Gasteiger partial charge is 0.275 e. The Balaban J connectivity index is 1.16. The van der Waals surface area contributed by atoms with E-state index in [1.165, 1.54) is 0 Å². The second-order valence-electron chi connectivity index (χ2n) is 10.9.